The van der Waals surface area contributed by atoms with E-state index in [4.69, 9.17) is 9.84 Å². The highest BCUT2D eigenvalue weighted by Crippen LogP contribution is 2.33. The minimum absolute atomic E-state index is 0.0409. The predicted octanol–water partition coefficient (Wildman–Crippen LogP) is 13.4. The van der Waals surface area contributed by atoms with Crippen LogP contribution in [-0.2, 0) is 11.3 Å². The zero-order valence-electron chi connectivity index (χ0n) is 39.5. The number of fused-ring (bicyclic) bond motifs is 2. The van der Waals surface area contributed by atoms with Gasteiger partial charge in [-0.3, -0.25) is 14.6 Å². The second-order valence-corrected chi connectivity index (χ2v) is 21.7. The van der Waals surface area contributed by atoms with Gasteiger partial charge in [-0.25, -0.2) is 9.48 Å². The van der Waals surface area contributed by atoms with E-state index in [1.54, 1.807) is 0 Å². The lowest BCUT2D eigenvalue weighted by atomic mass is 9.84. The molecule has 9 nitrogen and oxygen atoms in total. The van der Waals surface area contributed by atoms with Crippen LogP contribution in [0, 0.1) is 5.41 Å². The maximum Gasteiger partial charge on any atom is 0.410 e. The van der Waals surface area contributed by atoms with Gasteiger partial charge in [0.05, 0.1) is 17.8 Å². The molecule has 3 aliphatic rings. The molecule has 8 rings (SSSR count). The minimum Gasteiger partial charge on any atom is -0.444 e. The van der Waals surface area contributed by atoms with Crippen LogP contribution in [0.2, 0.25) is 0 Å². The fourth-order valence-corrected chi connectivity index (χ4v) is 8.82. The largest absolute Gasteiger partial charge is 0.444 e. The number of hydrogen-bond acceptors (Lipinski definition) is 6. The van der Waals surface area contributed by atoms with E-state index in [0.29, 0.717) is 30.6 Å². The van der Waals surface area contributed by atoms with E-state index < -0.39 is 5.60 Å². The average molecular weight is 931 g/mol. The van der Waals surface area contributed by atoms with Crippen LogP contribution in [0.15, 0.2) is 101 Å². The number of hydrogen-bond donors (Lipinski definition) is 1. The normalized spacial score (nSPS) is 16.5. The Labute approximate surface area is 389 Å². The molecule has 2 fully saturated rings. The second kappa shape index (κ2) is 20.8. The summed E-state index contributed by atoms with van der Waals surface area (Å²) in [5, 5.41) is 8.66. The molecule has 2 aliphatic heterocycles. The standard InChI is InChI=1S/C28H36N4O3.C14H17NO.C12H15Br/c1-27(2,3)29-25(33)23-11-7-9-21-18-32(30-24(21)23)22-14-12-19(13-15-22)20-10-8-16-31(17-20)26(34)35-28(4,5)6;1-14(2,3)7-13(16)11-6-4-5-10-8-15-9-12(10)11;13-12-8-6-11(7-9-12)10-4-2-1-3-5-10/h7,9,11-15,18,20H,8,10,16-17H2,1-6H3,(H,29,33);4-6,8H,7,9H2,1-3H3;6-10H,1-5H2/t20-;;/m1../s1. The van der Waals surface area contributed by atoms with E-state index >= 15 is 0 Å². The molecule has 1 saturated carbocycles. The lowest BCUT2D eigenvalue weighted by Crippen LogP contribution is -2.42. The molecule has 1 aliphatic carbocycles. The Balaban J connectivity index is 0.000000191. The van der Waals surface area contributed by atoms with E-state index in [2.05, 4.69) is 83.4 Å². The maximum absolute atomic E-state index is 12.8. The summed E-state index contributed by atoms with van der Waals surface area (Å²) in [5.74, 6) is 1.21. The highest BCUT2D eigenvalue weighted by atomic mass is 79.9. The average Bonchev–Trinajstić information content (AvgIpc) is 3.91. The Morgan fingerprint density at radius 3 is 2.03 bits per heavy atom. The van der Waals surface area contributed by atoms with Crippen molar-refractivity contribution in [1.29, 1.82) is 0 Å². The minimum atomic E-state index is -0.494. The number of amides is 2. The van der Waals surface area contributed by atoms with Crippen molar-refractivity contribution in [2.45, 2.75) is 143 Å². The van der Waals surface area contributed by atoms with E-state index in [1.165, 1.54) is 47.7 Å². The molecule has 1 aromatic heterocycles. The number of ketones is 1. The number of aromatic nitrogens is 2. The van der Waals surface area contributed by atoms with Gasteiger partial charge in [-0.05, 0) is 131 Å². The van der Waals surface area contributed by atoms with E-state index in [0.717, 1.165) is 53.1 Å². The molecule has 0 spiro atoms. The fourth-order valence-electron chi connectivity index (χ4n) is 8.56. The summed E-state index contributed by atoms with van der Waals surface area (Å²) in [4.78, 5) is 43.5. The predicted molar refractivity (Wildman–Crippen MR) is 264 cm³/mol. The highest BCUT2D eigenvalue weighted by Gasteiger charge is 2.29. The van der Waals surface area contributed by atoms with Crippen LogP contribution < -0.4 is 5.32 Å². The smallest absolute Gasteiger partial charge is 0.410 e. The summed E-state index contributed by atoms with van der Waals surface area (Å²) in [7, 11) is 0. The molecule has 3 heterocycles. The van der Waals surface area contributed by atoms with E-state index in [9.17, 15) is 14.4 Å². The monoisotopic (exact) mass is 929 g/mol. The van der Waals surface area contributed by atoms with Gasteiger partial charge in [-0.2, -0.15) is 5.10 Å². The molecule has 340 valence electrons. The number of likely N-dealkylation sites (tertiary alicyclic amines) is 1. The number of piperidine rings is 1. The van der Waals surface area contributed by atoms with Crippen molar-refractivity contribution in [2.75, 3.05) is 13.1 Å². The van der Waals surface area contributed by atoms with Gasteiger partial charge in [0.25, 0.3) is 5.91 Å². The maximum atomic E-state index is 12.8. The SMILES string of the molecule is Brc1ccc(C2CCCCC2)cc1.CC(C)(C)CC(=O)c1cccc2c1CN=C2.CC(C)(C)NC(=O)c1cccc2cn(-c3ccc([C@@H]4CCCN(C(=O)OC(C)(C)C)C4)cc3)nc12. The van der Waals surface area contributed by atoms with Crippen molar-refractivity contribution >= 4 is 50.8 Å². The topological polar surface area (TPSA) is 106 Å². The van der Waals surface area contributed by atoms with Crippen molar-refractivity contribution in [3.63, 3.8) is 0 Å². The molecule has 10 heteroatoms. The first-order valence-corrected chi connectivity index (χ1v) is 23.8. The first kappa shape index (κ1) is 48.4. The first-order valence-electron chi connectivity index (χ1n) is 23.0. The number of Topliss-reactive ketones (excluding diaryl/α,β-unsaturated/α-hetero) is 1. The number of nitrogens with zero attached hydrogens (tertiary/aromatic N) is 4. The molecule has 64 heavy (non-hydrogen) atoms. The van der Waals surface area contributed by atoms with Crippen LogP contribution in [-0.4, -0.2) is 62.9 Å². The Kier molecular flexibility index (Phi) is 15.7. The molecule has 1 N–H and O–H groups in total. The number of carbonyl (C=O) groups is 3. The van der Waals surface area contributed by atoms with Crippen molar-refractivity contribution in [1.82, 2.24) is 20.0 Å². The van der Waals surface area contributed by atoms with Gasteiger partial charge < -0.3 is 15.0 Å². The van der Waals surface area contributed by atoms with Crippen molar-refractivity contribution in [3.8, 4) is 5.69 Å². The molecule has 0 unspecified atom stereocenters. The number of aliphatic imine (C=N–C) groups is 1. The zero-order chi connectivity index (χ0) is 46.2. The summed E-state index contributed by atoms with van der Waals surface area (Å²) in [6.45, 7) is 19.9. The van der Waals surface area contributed by atoms with Gasteiger partial charge in [0.15, 0.2) is 5.78 Å². The fraction of sp³-hybridized carbons (Fsp3) is 0.463. The first-order chi connectivity index (χ1) is 30.2. The van der Waals surface area contributed by atoms with Crippen molar-refractivity contribution in [2.24, 2.45) is 10.4 Å². The lowest BCUT2D eigenvalue weighted by Gasteiger charge is -2.34. The van der Waals surface area contributed by atoms with Gasteiger partial charge in [0.1, 0.15) is 11.1 Å². The molecule has 0 radical (unpaired) electrons. The van der Waals surface area contributed by atoms with Crippen LogP contribution in [0.25, 0.3) is 16.6 Å². The van der Waals surface area contributed by atoms with Crippen LogP contribution in [0.4, 0.5) is 4.79 Å². The molecular weight excluding hydrogens is 863 g/mol. The van der Waals surface area contributed by atoms with Crippen LogP contribution in [0.5, 0.6) is 0 Å². The van der Waals surface area contributed by atoms with E-state index in [1.807, 2.05) is 112 Å². The number of nitrogens with one attached hydrogen (secondary N) is 1. The Morgan fingerprint density at radius 1 is 0.750 bits per heavy atom. The summed E-state index contributed by atoms with van der Waals surface area (Å²) in [6, 6.07) is 28.7. The number of halogens is 1. The summed E-state index contributed by atoms with van der Waals surface area (Å²) in [6.07, 6.45) is 13.2. The number of carbonyl (C=O) groups excluding carboxylic acids is 3. The van der Waals surface area contributed by atoms with Crippen molar-refractivity contribution < 1.29 is 19.1 Å². The van der Waals surface area contributed by atoms with Gasteiger partial charge in [-0.1, -0.05) is 111 Å². The molecule has 4 aromatic carbocycles. The second-order valence-electron chi connectivity index (χ2n) is 20.8. The number of ether oxygens (including phenoxy) is 1. The number of benzene rings is 4. The summed E-state index contributed by atoms with van der Waals surface area (Å²) < 4.78 is 8.57. The van der Waals surface area contributed by atoms with Crippen LogP contribution >= 0.6 is 15.9 Å². The lowest BCUT2D eigenvalue weighted by molar-refractivity contribution is 0.0198. The Bertz CT molecular complexity index is 2410. The van der Waals surface area contributed by atoms with Gasteiger partial charge >= 0.3 is 6.09 Å². The van der Waals surface area contributed by atoms with Crippen molar-refractivity contribution in [3.05, 3.63) is 129 Å². The summed E-state index contributed by atoms with van der Waals surface area (Å²) >= 11 is 3.47. The Hall–Kier alpha value is -5.09. The number of rotatable bonds is 6. The third kappa shape index (κ3) is 13.7. The zero-order valence-corrected chi connectivity index (χ0v) is 41.1. The molecule has 2 amide bonds. The summed E-state index contributed by atoms with van der Waals surface area (Å²) in [5.41, 5.74) is 7.16. The third-order valence-corrected chi connectivity index (χ3v) is 12.1. The highest BCUT2D eigenvalue weighted by molar-refractivity contribution is 9.10. The van der Waals surface area contributed by atoms with Gasteiger partial charge in [-0.15, -0.1) is 0 Å². The van der Waals surface area contributed by atoms with Gasteiger partial charge in [0, 0.05) is 58.8 Å². The molecule has 0 bridgehead atoms. The Morgan fingerprint density at radius 2 is 1.38 bits per heavy atom. The van der Waals surface area contributed by atoms with Gasteiger partial charge in [0.2, 0.25) is 0 Å². The molecule has 1 saturated heterocycles. The van der Waals surface area contributed by atoms with Crippen LogP contribution in [0.1, 0.15) is 168 Å². The molecular formula is C54H68BrN5O4. The van der Waals surface area contributed by atoms with Crippen LogP contribution in [0.3, 0.4) is 0 Å². The van der Waals surface area contributed by atoms with E-state index in [-0.39, 0.29) is 34.7 Å². The third-order valence-electron chi connectivity index (χ3n) is 11.6. The molecule has 1 atom stereocenters. The quantitative estimate of drug-likeness (QED) is 0.171. The molecule has 5 aromatic rings.